The first-order valence-electron chi connectivity index (χ1n) is 8.63. The van der Waals surface area contributed by atoms with Gasteiger partial charge in [0.25, 0.3) is 11.5 Å². The first-order valence-corrected chi connectivity index (χ1v) is 8.63. The molecular formula is C21H21N3O3. The van der Waals surface area contributed by atoms with Crippen LogP contribution in [0.15, 0.2) is 65.7 Å². The number of nitrogens with zero attached hydrogens (tertiary/aromatic N) is 2. The molecule has 1 heterocycles. The predicted octanol–water partition coefficient (Wildman–Crippen LogP) is 3.62. The van der Waals surface area contributed by atoms with Crippen LogP contribution in [0.1, 0.15) is 35.7 Å². The van der Waals surface area contributed by atoms with Gasteiger partial charge < -0.3 is 10.1 Å². The van der Waals surface area contributed by atoms with Gasteiger partial charge >= 0.3 is 0 Å². The Hall–Kier alpha value is -3.41. The second-order valence-corrected chi connectivity index (χ2v) is 6.38. The van der Waals surface area contributed by atoms with Gasteiger partial charge in [-0.15, -0.1) is 0 Å². The van der Waals surface area contributed by atoms with Gasteiger partial charge in [0.05, 0.1) is 7.11 Å². The van der Waals surface area contributed by atoms with Gasteiger partial charge in [-0.1, -0.05) is 26.0 Å². The summed E-state index contributed by atoms with van der Waals surface area (Å²) in [7, 11) is 1.55. The van der Waals surface area contributed by atoms with Crippen molar-refractivity contribution in [2.75, 3.05) is 12.4 Å². The normalized spacial score (nSPS) is 10.7. The number of amides is 1. The minimum Gasteiger partial charge on any atom is -0.497 e. The minimum absolute atomic E-state index is 0.0220. The van der Waals surface area contributed by atoms with Crippen molar-refractivity contribution in [1.82, 2.24) is 9.55 Å². The lowest BCUT2D eigenvalue weighted by Crippen LogP contribution is -2.26. The Bertz CT molecular complexity index is 990. The van der Waals surface area contributed by atoms with Gasteiger partial charge in [-0.3, -0.25) is 14.2 Å². The topological polar surface area (TPSA) is 73.2 Å². The van der Waals surface area contributed by atoms with E-state index in [1.165, 1.54) is 16.3 Å². The number of nitrogens with one attached hydrogen (secondary N) is 1. The lowest BCUT2D eigenvalue weighted by molar-refractivity contribution is 0.102. The Morgan fingerprint density at radius 3 is 2.33 bits per heavy atom. The molecule has 2 aromatic carbocycles. The summed E-state index contributed by atoms with van der Waals surface area (Å²) in [5.41, 5.74) is 1.92. The fraction of sp³-hybridized carbons (Fsp3) is 0.190. The van der Waals surface area contributed by atoms with Crippen LogP contribution in [0.25, 0.3) is 5.69 Å². The van der Waals surface area contributed by atoms with Crippen LogP contribution in [-0.2, 0) is 0 Å². The van der Waals surface area contributed by atoms with E-state index >= 15 is 0 Å². The van der Waals surface area contributed by atoms with Crippen LogP contribution in [-0.4, -0.2) is 22.6 Å². The van der Waals surface area contributed by atoms with E-state index in [-0.39, 0.29) is 5.82 Å². The van der Waals surface area contributed by atoms with Crippen molar-refractivity contribution < 1.29 is 9.53 Å². The molecule has 0 atom stereocenters. The number of carbonyl (C=O) groups excluding carboxylic acids is 1. The van der Waals surface area contributed by atoms with E-state index in [4.69, 9.17) is 4.74 Å². The maximum Gasteiger partial charge on any atom is 0.298 e. The zero-order valence-corrected chi connectivity index (χ0v) is 15.5. The summed E-state index contributed by atoms with van der Waals surface area (Å²) in [6.07, 6.45) is 3.07. The summed E-state index contributed by atoms with van der Waals surface area (Å²) in [6, 6.07) is 14.4. The van der Waals surface area contributed by atoms with E-state index in [0.29, 0.717) is 22.9 Å². The first kappa shape index (κ1) is 18.4. The average Bonchev–Trinajstić information content (AvgIpc) is 2.69. The van der Waals surface area contributed by atoms with E-state index in [1.807, 2.05) is 24.3 Å². The maximum atomic E-state index is 12.7. The molecule has 0 aliphatic rings. The van der Waals surface area contributed by atoms with Crippen molar-refractivity contribution in [2.45, 2.75) is 19.8 Å². The Kier molecular flexibility index (Phi) is 5.35. The van der Waals surface area contributed by atoms with E-state index in [1.54, 1.807) is 37.6 Å². The average molecular weight is 363 g/mol. The van der Waals surface area contributed by atoms with Crippen molar-refractivity contribution in [3.05, 3.63) is 82.4 Å². The van der Waals surface area contributed by atoms with E-state index in [2.05, 4.69) is 24.1 Å². The molecule has 27 heavy (non-hydrogen) atoms. The standard InChI is InChI=1S/C21H21N3O3/c1-14(2)15-4-8-17(9-5-15)24-13-12-22-19(21(24)26)23-20(25)16-6-10-18(27-3)11-7-16/h4-14H,1-3H3,(H,22,23,25). The monoisotopic (exact) mass is 363 g/mol. The molecule has 0 bridgehead atoms. The highest BCUT2D eigenvalue weighted by Gasteiger charge is 2.12. The van der Waals surface area contributed by atoms with Crippen molar-refractivity contribution in [1.29, 1.82) is 0 Å². The molecule has 1 N–H and O–H groups in total. The number of methoxy groups -OCH3 is 1. The third-order valence-corrected chi connectivity index (χ3v) is 4.26. The van der Waals surface area contributed by atoms with Crippen LogP contribution in [0.3, 0.4) is 0 Å². The van der Waals surface area contributed by atoms with Crippen LogP contribution in [0.2, 0.25) is 0 Å². The summed E-state index contributed by atoms with van der Waals surface area (Å²) < 4.78 is 6.54. The quantitative estimate of drug-likeness (QED) is 0.751. The molecule has 0 spiro atoms. The highest BCUT2D eigenvalue weighted by atomic mass is 16.5. The molecule has 0 fully saturated rings. The Labute approximate surface area is 157 Å². The summed E-state index contributed by atoms with van der Waals surface area (Å²) in [6.45, 7) is 4.22. The summed E-state index contributed by atoms with van der Waals surface area (Å²) in [5, 5.41) is 2.58. The number of carbonyl (C=O) groups is 1. The SMILES string of the molecule is COc1ccc(C(=O)Nc2nccn(-c3ccc(C(C)C)cc3)c2=O)cc1. The fourth-order valence-corrected chi connectivity index (χ4v) is 2.64. The highest BCUT2D eigenvalue weighted by Crippen LogP contribution is 2.16. The Balaban J connectivity index is 1.86. The van der Waals surface area contributed by atoms with Crippen LogP contribution >= 0.6 is 0 Å². The molecule has 0 aliphatic carbocycles. The second kappa shape index (κ2) is 7.86. The van der Waals surface area contributed by atoms with Crippen molar-refractivity contribution in [3.8, 4) is 11.4 Å². The highest BCUT2D eigenvalue weighted by molar-refractivity contribution is 6.03. The lowest BCUT2D eigenvalue weighted by Gasteiger charge is -2.10. The number of hydrogen-bond acceptors (Lipinski definition) is 4. The van der Waals surface area contributed by atoms with Gasteiger partial charge in [-0.2, -0.15) is 0 Å². The minimum atomic E-state index is -0.407. The number of rotatable bonds is 5. The van der Waals surface area contributed by atoms with Gasteiger partial charge in [-0.05, 0) is 47.9 Å². The Morgan fingerprint density at radius 1 is 1.07 bits per heavy atom. The van der Waals surface area contributed by atoms with E-state index in [0.717, 1.165) is 0 Å². The van der Waals surface area contributed by atoms with Crippen LogP contribution in [0.5, 0.6) is 5.75 Å². The largest absolute Gasteiger partial charge is 0.497 e. The summed E-state index contributed by atoms with van der Waals surface area (Å²) in [5.74, 6) is 0.630. The summed E-state index contributed by atoms with van der Waals surface area (Å²) in [4.78, 5) is 29.1. The van der Waals surface area contributed by atoms with Crippen molar-refractivity contribution in [2.24, 2.45) is 0 Å². The molecule has 6 heteroatoms. The van der Waals surface area contributed by atoms with Crippen LogP contribution in [0, 0.1) is 0 Å². The molecule has 1 amide bonds. The van der Waals surface area contributed by atoms with Crippen LogP contribution in [0.4, 0.5) is 5.82 Å². The Morgan fingerprint density at radius 2 is 1.74 bits per heavy atom. The van der Waals surface area contributed by atoms with Gasteiger partial charge in [0.15, 0.2) is 5.82 Å². The maximum absolute atomic E-state index is 12.7. The third-order valence-electron chi connectivity index (χ3n) is 4.26. The molecule has 0 saturated heterocycles. The molecule has 6 nitrogen and oxygen atoms in total. The molecule has 3 rings (SSSR count). The van der Waals surface area contributed by atoms with Gasteiger partial charge in [0, 0.05) is 23.6 Å². The van der Waals surface area contributed by atoms with E-state index < -0.39 is 11.5 Å². The van der Waals surface area contributed by atoms with Gasteiger partial charge in [0.1, 0.15) is 5.75 Å². The van der Waals surface area contributed by atoms with Crippen LogP contribution < -0.4 is 15.6 Å². The first-order chi connectivity index (χ1) is 13.0. The molecule has 138 valence electrons. The van der Waals surface area contributed by atoms with Gasteiger partial charge in [-0.25, -0.2) is 4.98 Å². The number of ether oxygens (including phenoxy) is 1. The molecule has 1 aromatic heterocycles. The molecule has 0 saturated carbocycles. The molecule has 3 aromatic rings. The molecule has 0 aliphatic heterocycles. The number of anilines is 1. The van der Waals surface area contributed by atoms with Crippen molar-refractivity contribution in [3.63, 3.8) is 0 Å². The molecule has 0 radical (unpaired) electrons. The third kappa shape index (κ3) is 4.06. The number of hydrogen-bond donors (Lipinski definition) is 1. The lowest BCUT2D eigenvalue weighted by atomic mass is 10.0. The predicted molar refractivity (Wildman–Crippen MR) is 105 cm³/mol. The smallest absolute Gasteiger partial charge is 0.298 e. The zero-order valence-electron chi connectivity index (χ0n) is 15.5. The second-order valence-electron chi connectivity index (χ2n) is 6.38. The molecule has 0 unspecified atom stereocenters. The number of aromatic nitrogens is 2. The van der Waals surface area contributed by atoms with Crippen molar-refractivity contribution >= 4 is 11.7 Å². The summed E-state index contributed by atoms with van der Waals surface area (Å²) >= 11 is 0. The van der Waals surface area contributed by atoms with E-state index in [9.17, 15) is 9.59 Å². The fourth-order valence-electron chi connectivity index (χ4n) is 2.64. The zero-order chi connectivity index (χ0) is 19.4. The molecular weight excluding hydrogens is 342 g/mol. The van der Waals surface area contributed by atoms with Gasteiger partial charge in [0.2, 0.25) is 0 Å². The number of benzene rings is 2.